The van der Waals surface area contributed by atoms with Gasteiger partial charge in [-0.2, -0.15) is 8.42 Å². The summed E-state index contributed by atoms with van der Waals surface area (Å²) in [6, 6.07) is 0. The van der Waals surface area contributed by atoms with E-state index in [1.165, 1.54) is 0 Å². The van der Waals surface area contributed by atoms with Crippen molar-refractivity contribution < 1.29 is 36.3 Å². The lowest BCUT2D eigenvalue weighted by Gasteiger charge is -2.40. The number of rotatable bonds is 5. The minimum absolute atomic E-state index is 0.0581. The Morgan fingerprint density at radius 1 is 1.12 bits per heavy atom. The zero-order valence-corrected chi connectivity index (χ0v) is 15.1. The van der Waals surface area contributed by atoms with Gasteiger partial charge >= 0.3 is 10.3 Å². The largest absolute Gasteiger partial charge is 0.344 e. The van der Waals surface area contributed by atoms with Crippen LogP contribution in [0.2, 0.25) is 0 Å². The molecule has 0 spiro atoms. The summed E-state index contributed by atoms with van der Waals surface area (Å²) in [7, 11) is -3.96. The Balaban J connectivity index is 1.72. The second-order valence-corrected chi connectivity index (χ2v) is 8.44. The standard InChI is InChI=1S/C14H25NO8S/c1-12(2)20-9-8-18-14(6-5-7-19-24(15,16)17)11(10(9)21-12)22-13(3,4)23-14/h9-11H,5-8H2,1-4H3,(H2,15,16,17)/t9-,10-,11+,14+/m1/s1. The van der Waals surface area contributed by atoms with Gasteiger partial charge in [0.1, 0.15) is 18.3 Å². The van der Waals surface area contributed by atoms with Crippen LogP contribution in [0.5, 0.6) is 0 Å². The van der Waals surface area contributed by atoms with E-state index in [0.29, 0.717) is 19.4 Å². The third-order valence-corrected chi connectivity index (χ3v) is 4.69. The highest BCUT2D eigenvalue weighted by Crippen LogP contribution is 2.49. The van der Waals surface area contributed by atoms with Crippen molar-refractivity contribution in [3.63, 3.8) is 0 Å². The summed E-state index contributed by atoms with van der Waals surface area (Å²) in [4.78, 5) is 0. The molecule has 0 aromatic carbocycles. The molecule has 0 aromatic rings. The minimum atomic E-state index is -3.96. The molecule has 0 amide bonds. The minimum Gasteiger partial charge on any atom is -0.344 e. The summed E-state index contributed by atoms with van der Waals surface area (Å²) in [6.45, 7) is 7.53. The van der Waals surface area contributed by atoms with E-state index < -0.39 is 33.8 Å². The van der Waals surface area contributed by atoms with Crippen molar-refractivity contribution in [3.05, 3.63) is 0 Å². The third-order valence-electron chi connectivity index (χ3n) is 4.19. The fraction of sp³-hybridized carbons (Fsp3) is 1.00. The summed E-state index contributed by atoms with van der Waals surface area (Å²) >= 11 is 0. The Morgan fingerprint density at radius 3 is 2.50 bits per heavy atom. The first kappa shape index (κ1) is 18.5. The fourth-order valence-corrected chi connectivity index (χ4v) is 3.90. The van der Waals surface area contributed by atoms with Gasteiger partial charge < -0.3 is 23.7 Å². The summed E-state index contributed by atoms with van der Waals surface area (Å²) in [5.74, 6) is -2.60. The van der Waals surface area contributed by atoms with Crippen LogP contribution >= 0.6 is 0 Å². The predicted octanol–water partition coefficient (Wildman–Crippen LogP) is 0.385. The molecule has 10 heteroatoms. The van der Waals surface area contributed by atoms with Gasteiger partial charge in [0.15, 0.2) is 11.6 Å². The van der Waals surface area contributed by atoms with Gasteiger partial charge in [0, 0.05) is 6.42 Å². The number of fused-ring (bicyclic) bond motifs is 3. The van der Waals surface area contributed by atoms with Gasteiger partial charge in [0.25, 0.3) is 0 Å². The van der Waals surface area contributed by atoms with Crippen LogP contribution < -0.4 is 5.14 Å². The van der Waals surface area contributed by atoms with Crippen molar-refractivity contribution in [2.75, 3.05) is 13.2 Å². The molecule has 140 valence electrons. The molecule has 3 fully saturated rings. The molecule has 3 saturated heterocycles. The van der Waals surface area contributed by atoms with Crippen LogP contribution in [0.1, 0.15) is 40.5 Å². The van der Waals surface area contributed by atoms with Gasteiger partial charge in [-0.25, -0.2) is 5.14 Å². The molecule has 0 radical (unpaired) electrons. The SMILES string of the molecule is CC1(C)O[C@@H]2[C@@H](CO[C@@]3(CCCOS(N)(=O)=O)OC(C)(C)O[C@@H]23)O1. The average molecular weight is 367 g/mol. The van der Waals surface area contributed by atoms with Crippen LogP contribution in [0.15, 0.2) is 0 Å². The van der Waals surface area contributed by atoms with Crippen LogP contribution in [0.4, 0.5) is 0 Å². The van der Waals surface area contributed by atoms with Crippen molar-refractivity contribution in [1.82, 2.24) is 0 Å². The molecule has 3 heterocycles. The van der Waals surface area contributed by atoms with E-state index in [1.807, 2.05) is 13.8 Å². The van der Waals surface area contributed by atoms with Crippen LogP contribution in [0, 0.1) is 0 Å². The van der Waals surface area contributed by atoms with Gasteiger partial charge in [0.2, 0.25) is 5.79 Å². The molecule has 9 nitrogen and oxygen atoms in total. The second-order valence-electron chi connectivity index (χ2n) is 7.22. The molecule has 3 aliphatic rings. The molecule has 0 aromatic heterocycles. The van der Waals surface area contributed by atoms with E-state index in [-0.39, 0.29) is 18.8 Å². The maximum atomic E-state index is 10.9. The van der Waals surface area contributed by atoms with Crippen molar-refractivity contribution in [1.29, 1.82) is 0 Å². The summed E-state index contributed by atoms with van der Waals surface area (Å²) in [5.41, 5.74) is 0. The lowest BCUT2D eigenvalue weighted by molar-refractivity contribution is -0.284. The smallest absolute Gasteiger partial charge is 0.333 e. The highest BCUT2D eigenvalue weighted by molar-refractivity contribution is 7.84. The Kier molecular flexibility index (Phi) is 4.50. The van der Waals surface area contributed by atoms with E-state index in [1.54, 1.807) is 13.8 Å². The van der Waals surface area contributed by atoms with Crippen LogP contribution in [-0.2, 0) is 38.2 Å². The quantitative estimate of drug-likeness (QED) is 0.694. The second kappa shape index (κ2) is 5.85. The van der Waals surface area contributed by atoms with E-state index >= 15 is 0 Å². The molecule has 0 bridgehead atoms. The first-order chi connectivity index (χ1) is 10.9. The Hall–Kier alpha value is -0.330. The maximum Gasteiger partial charge on any atom is 0.333 e. The molecular weight excluding hydrogens is 342 g/mol. The Labute approximate surface area is 141 Å². The molecule has 0 aliphatic carbocycles. The molecule has 0 saturated carbocycles. The number of hydrogen-bond donors (Lipinski definition) is 1. The van der Waals surface area contributed by atoms with Gasteiger partial charge in [-0.1, -0.05) is 0 Å². The highest BCUT2D eigenvalue weighted by Gasteiger charge is 2.64. The number of ether oxygens (including phenoxy) is 5. The molecule has 24 heavy (non-hydrogen) atoms. The zero-order chi connectivity index (χ0) is 17.8. The fourth-order valence-electron chi connectivity index (χ4n) is 3.55. The monoisotopic (exact) mass is 367 g/mol. The van der Waals surface area contributed by atoms with Gasteiger partial charge in [-0.15, -0.1) is 0 Å². The van der Waals surface area contributed by atoms with E-state index in [0.717, 1.165) is 0 Å². The summed E-state index contributed by atoms with van der Waals surface area (Å²) < 4.78 is 56.2. The topological polar surface area (TPSA) is 116 Å². The summed E-state index contributed by atoms with van der Waals surface area (Å²) in [6.07, 6.45) is -0.300. The van der Waals surface area contributed by atoms with E-state index in [4.69, 9.17) is 28.8 Å². The molecule has 3 rings (SSSR count). The first-order valence-corrected chi connectivity index (χ1v) is 9.43. The van der Waals surface area contributed by atoms with Crippen molar-refractivity contribution in [3.8, 4) is 0 Å². The molecule has 3 aliphatic heterocycles. The van der Waals surface area contributed by atoms with Crippen LogP contribution in [0.3, 0.4) is 0 Å². The maximum absolute atomic E-state index is 10.9. The summed E-state index contributed by atoms with van der Waals surface area (Å²) in [5, 5.41) is 4.83. The number of nitrogens with two attached hydrogens (primary N) is 1. The Morgan fingerprint density at radius 2 is 1.83 bits per heavy atom. The van der Waals surface area contributed by atoms with Crippen LogP contribution in [0.25, 0.3) is 0 Å². The molecule has 2 N–H and O–H groups in total. The van der Waals surface area contributed by atoms with Gasteiger partial charge in [0.05, 0.1) is 13.2 Å². The lowest BCUT2D eigenvalue weighted by atomic mass is 9.93. The third kappa shape index (κ3) is 3.75. The van der Waals surface area contributed by atoms with Gasteiger partial charge in [-0.3, -0.25) is 4.18 Å². The van der Waals surface area contributed by atoms with E-state index in [2.05, 4.69) is 4.18 Å². The van der Waals surface area contributed by atoms with E-state index in [9.17, 15) is 8.42 Å². The van der Waals surface area contributed by atoms with Gasteiger partial charge in [-0.05, 0) is 34.1 Å². The first-order valence-electron chi connectivity index (χ1n) is 7.96. The lowest BCUT2D eigenvalue weighted by Crippen LogP contribution is -2.58. The average Bonchev–Trinajstić information content (AvgIpc) is 2.85. The normalized spacial score (nSPS) is 40.3. The molecule has 0 unspecified atom stereocenters. The highest BCUT2D eigenvalue weighted by atomic mass is 32.2. The van der Waals surface area contributed by atoms with Crippen LogP contribution in [-0.4, -0.2) is 57.3 Å². The van der Waals surface area contributed by atoms with Crippen molar-refractivity contribution >= 4 is 10.3 Å². The zero-order valence-electron chi connectivity index (χ0n) is 14.3. The number of hydrogen-bond acceptors (Lipinski definition) is 8. The van der Waals surface area contributed by atoms with Crippen molar-refractivity contribution in [2.24, 2.45) is 5.14 Å². The molecular formula is C14H25NO8S. The molecule has 4 atom stereocenters. The Bertz CT molecular complexity index is 592. The van der Waals surface area contributed by atoms with Crippen molar-refractivity contribution in [2.45, 2.75) is 76.2 Å². The predicted molar refractivity (Wildman–Crippen MR) is 80.8 cm³/mol.